The number of para-hydroxylation sites is 2. The van der Waals surface area contributed by atoms with E-state index in [4.69, 9.17) is 23.7 Å². The molecule has 0 aliphatic rings. The summed E-state index contributed by atoms with van der Waals surface area (Å²) in [4.78, 5) is 12.0. The van der Waals surface area contributed by atoms with Crippen molar-refractivity contribution in [2.24, 2.45) is 0 Å². The lowest BCUT2D eigenvalue weighted by Gasteiger charge is -2.14. The van der Waals surface area contributed by atoms with Gasteiger partial charge in [-0.25, -0.2) is 0 Å². The lowest BCUT2D eigenvalue weighted by molar-refractivity contribution is -0.123. The van der Waals surface area contributed by atoms with Crippen LogP contribution in [0.4, 0.5) is 0 Å². The molecule has 27 heavy (non-hydrogen) atoms. The summed E-state index contributed by atoms with van der Waals surface area (Å²) < 4.78 is 26.7. The zero-order chi connectivity index (χ0) is 19.6. The molecule has 0 radical (unpaired) electrons. The molecule has 1 amide bonds. The molecule has 2 rings (SSSR count). The second-order valence-corrected chi connectivity index (χ2v) is 5.57. The molecule has 0 saturated carbocycles. The summed E-state index contributed by atoms with van der Waals surface area (Å²) in [6.07, 6.45) is 0.608. The summed E-state index contributed by atoms with van der Waals surface area (Å²) in [7, 11) is 6.25. The van der Waals surface area contributed by atoms with E-state index >= 15 is 0 Å². The number of nitrogens with one attached hydrogen (secondary N) is 1. The summed E-state index contributed by atoms with van der Waals surface area (Å²) >= 11 is 0. The molecule has 0 heterocycles. The van der Waals surface area contributed by atoms with Crippen LogP contribution in [-0.4, -0.2) is 47.5 Å². The van der Waals surface area contributed by atoms with Gasteiger partial charge >= 0.3 is 0 Å². The summed E-state index contributed by atoms with van der Waals surface area (Å²) in [5.74, 6) is 2.60. The molecule has 0 spiro atoms. The van der Waals surface area contributed by atoms with E-state index in [1.165, 1.54) is 0 Å². The van der Waals surface area contributed by atoms with Gasteiger partial charge in [0.25, 0.3) is 5.91 Å². The molecule has 146 valence electrons. The van der Waals surface area contributed by atoms with Gasteiger partial charge in [0.05, 0.1) is 28.4 Å². The molecule has 0 aromatic heterocycles. The Labute approximate surface area is 159 Å². The van der Waals surface area contributed by atoms with Crippen molar-refractivity contribution in [1.82, 2.24) is 5.32 Å². The highest BCUT2D eigenvalue weighted by molar-refractivity contribution is 5.77. The van der Waals surface area contributed by atoms with Crippen molar-refractivity contribution in [2.75, 3.05) is 41.6 Å². The van der Waals surface area contributed by atoms with Crippen molar-refractivity contribution in [3.05, 3.63) is 42.0 Å². The van der Waals surface area contributed by atoms with E-state index in [1.807, 2.05) is 24.3 Å². The number of amides is 1. The second kappa shape index (κ2) is 10.2. The van der Waals surface area contributed by atoms with Crippen molar-refractivity contribution in [3.63, 3.8) is 0 Å². The van der Waals surface area contributed by atoms with Crippen molar-refractivity contribution < 1.29 is 28.5 Å². The van der Waals surface area contributed by atoms with Crippen LogP contribution >= 0.6 is 0 Å². The third kappa shape index (κ3) is 5.44. The predicted molar refractivity (Wildman–Crippen MR) is 101 cm³/mol. The number of hydrogen-bond acceptors (Lipinski definition) is 6. The minimum atomic E-state index is -0.214. The molecule has 0 unspecified atom stereocenters. The molecule has 7 heteroatoms. The van der Waals surface area contributed by atoms with Gasteiger partial charge in [0.15, 0.2) is 29.6 Å². The largest absolute Gasteiger partial charge is 0.493 e. The normalized spacial score (nSPS) is 10.1. The first-order chi connectivity index (χ1) is 13.1. The number of hydrogen-bond donors (Lipinski definition) is 1. The Balaban J connectivity index is 1.87. The van der Waals surface area contributed by atoms with Crippen LogP contribution in [0.15, 0.2) is 36.4 Å². The first-order valence-corrected chi connectivity index (χ1v) is 8.44. The van der Waals surface area contributed by atoms with Gasteiger partial charge in [-0.1, -0.05) is 12.1 Å². The maximum Gasteiger partial charge on any atom is 0.257 e. The van der Waals surface area contributed by atoms with Crippen molar-refractivity contribution in [1.29, 1.82) is 0 Å². The van der Waals surface area contributed by atoms with Gasteiger partial charge in [-0.3, -0.25) is 4.79 Å². The number of carbonyl (C=O) groups excluding carboxylic acids is 1. The van der Waals surface area contributed by atoms with E-state index < -0.39 is 0 Å². The maximum atomic E-state index is 12.0. The van der Waals surface area contributed by atoms with Gasteiger partial charge in [0.1, 0.15) is 0 Å². The van der Waals surface area contributed by atoms with Crippen molar-refractivity contribution in [3.8, 4) is 28.7 Å². The van der Waals surface area contributed by atoms with Gasteiger partial charge in [-0.05, 0) is 36.2 Å². The fourth-order valence-corrected chi connectivity index (χ4v) is 2.56. The first kappa shape index (κ1) is 20.2. The summed E-state index contributed by atoms with van der Waals surface area (Å²) in [6.45, 7) is 0.363. The van der Waals surface area contributed by atoms with Crippen molar-refractivity contribution >= 4 is 5.91 Å². The Bertz CT molecular complexity index is 737. The third-order valence-corrected chi connectivity index (χ3v) is 3.89. The van der Waals surface area contributed by atoms with Gasteiger partial charge in [0.2, 0.25) is 5.75 Å². The highest BCUT2D eigenvalue weighted by Crippen LogP contribution is 2.38. The number of rotatable bonds is 10. The Morgan fingerprint density at radius 1 is 0.852 bits per heavy atom. The Morgan fingerprint density at radius 3 is 2.00 bits per heavy atom. The highest BCUT2D eigenvalue weighted by atomic mass is 16.5. The second-order valence-electron chi connectivity index (χ2n) is 5.57. The van der Waals surface area contributed by atoms with Crippen LogP contribution < -0.4 is 29.0 Å². The van der Waals surface area contributed by atoms with Gasteiger partial charge in [-0.15, -0.1) is 0 Å². The summed E-state index contributed by atoms with van der Waals surface area (Å²) in [5.41, 5.74) is 0.954. The molecule has 0 fully saturated rings. The molecule has 0 bridgehead atoms. The Morgan fingerprint density at radius 2 is 1.44 bits per heavy atom. The van der Waals surface area contributed by atoms with E-state index in [0.29, 0.717) is 41.7 Å². The van der Waals surface area contributed by atoms with Gasteiger partial charge < -0.3 is 29.0 Å². The standard InChI is InChI=1S/C20H25NO6/c1-23-15-7-5-6-8-16(15)27-13-19(22)21-10-9-14-11-17(24-2)20(26-4)18(12-14)25-3/h5-8,11-12H,9-10,13H2,1-4H3,(H,21,22). The van der Waals surface area contributed by atoms with Crippen LogP contribution in [0.1, 0.15) is 5.56 Å². The number of methoxy groups -OCH3 is 4. The van der Waals surface area contributed by atoms with E-state index in [0.717, 1.165) is 5.56 Å². The zero-order valence-electron chi connectivity index (χ0n) is 16.0. The lowest BCUT2D eigenvalue weighted by Crippen LogP contribution is -2.30. The number of benzene rings is 2. The van der Waals surface area contributed by atoms with E-state index in [2.05, 4.69) is 5.32 Å². The average Bonchev–Trinajstić information content (AvgIpc) is 2.71. The highest BCUT2D eigenvalue weighted by Gasteiger charge is 2.13. The van der Waals surface area contributed by atoms with E-state index in [1.54, 1.807) is 40.6 Å². The van der Waals surface area contributed by atoms with Crippen LogP contribution in [0, 0.1) is 0 Å². The molecule has 0 atom stereocenters. The SMILES string of the molecule is COc1ccccc1OCC(=O)NCCc1cc(OC)c(OC)c(OC)c1. The molecule has 2 aromatic rings. The van der Waals surface area contributed by atoms with Crippen LogP contribution in [0.2, 0.25) is 0 Å². The first-order valence-electron chi connectivity index (χ1n) is 8.44. The Kier molecular flexibility index (Phi) is 7.61. The predicted octanol–water partition coefficient (Wildman–Crippen LogP) is 2.46. The summed E-state index contributed by atoms with van der Waals surface area (Å²) in [6, 6.07) is 10.9. The number of ether oxygens (including phenoxy) is 5. The van der Waals surface area contributed by atoms with Gasteiger partial charge in [0, 0.05) is 6.54 Å². The maximum absolute atomic E-state index is 12.0. The molecule has 0 saturated heterocycles. The fourth-order valence-electron chi connectivity index (χ4n) is 2.56. The minimum Gasteiger partial charge on any atom is -0.493 e. The van der Waals surface area contributed by atoms with E-state index in [9.17, 15) is 4.79 Å². The van der Waals surface area contributed by atoms with Crippen LogP contribution in [-0.2, 0) is 11.2 Å². The quantitative estimate of drug-likeness (QED) is 0.688. The monoisotopic (exact) mass is 375 g/mol. The Hall–Kier alpha value is -3.09. The molecule has 0 aliphatic carbocycles. The fraction of sp³-hybridized carbons (Fsp3) is 0.350. The summed E-state index contributed by atoms with van der Waals surface area (Å²) in [5, 5.41) is 2.82. The average molecular weight is 375 g/mol. The zero-order valence-corrected chi connectivity index (χ0v) is 16.0. The number of carbonyl (C=O) groups is 1. The molecule has 1 N–H and O–H groups in total. The van der Waals surface area contributed by atoms with Crippen LogP contribution in [0.5, 0.6) is 28.7 Å². The smallest absolute Gasteiger partial charge is 0.257 e. The molecule has 2 aromatic carbocycles. The lowest BCUT2D eigenvalue weighted by atomic mass is 10.1. The molecule has 7 nitrogen and oxygen atoms in total. The molecule has 0 aliphatic heterocycles. The molecular weight excluding hydrogens is 350 g/mol. The van der Waals surface area contributed by atoms with Crippen LogP contribution in [0.25, 0.3) is 0 Å². The topological polar surface area (TPSA) is 75.3 Å². The van der Waals surface area contributed by atoms with E-state index in [-0.39, 0.29) is 12.5 Å². The molecular formula is C20H25NO6. The van der Waals surface area contributed by atoms with Crippen LogP contribution in [0.3, 0.4) is 0 Å². The third-order valence-electron chi connectivity index (χ3n) is 3.89. The minimum absolute atomic E-state index is 0.0877. The van der Waals surface area contributed by atoms with Gasteiger partial charge in [-0.2, -0.15) is 0 Å². The van der Waals surface area contributed by atoms with Crippen molar-refractivity contribution in [2.45, 2.75) is 6.42 Å².